The highest BCUT2D eigenvalue weighted by Gasteiger charge is 2.31. The van der Waals surface area contributed by atoms with Gasteiger partial charge in [0.05, 0.1) is 17.2 Å². The maximum atomic E-state index is 10.8. The molecular weight excluding hydrogens is 232 g/mol. The zero-order valence-electron chi connectivity index (χ0n) is 8.48. The van der Waals surface area contributed by atoms with E-state index < -0.39 is 11.9 Å². The lowest BCUT2D eigenvalue weighted by atomic mass is 10.1. The molecule has 1 aromatic carbocycles. The molecular formula is C11H9ClO4. The van der Waals surface area contributed by atoms with Gasteiger partial charge in [-0.2, -0.15) is 0 Å². The first kappa shape index (κ1) is 11.1. The van der Waals surface area contributed by atoms with Crippen LogP contribution in [0.15, 0.2) is 24.3 Å². The van der Waals surface area contributed by atoms with E-state index in [1.807, 2.05) is 6.92 Å². The van der Waals surface area contributed by atoms with Gasteiger partial charge in [-0.15, -0.1) is 0 Å². The number of esters is 2. The lowest BCUT2D eigenvalue weighted by Gasteiger charge is -1.86. The van der Waals surface area contributed by atoms with E-state index in [9.17, 15) is 9.59 Å². The molecule has 0 spiro atoms. The Morgan fingerprint density at radius 2 is 1.50 bits per heavy atom. The van der Waals surface area contributed by atoms with Crippen LogP contribution >= 0.6 is 11.6 Å². The van der Waals surface area contributed by atoms with E-state index in [4.69, 9.17) is 11.6 Å². The average Bonchev–Trinajstić information content (AvgIpc) is 2.82. The zero-order chi connectivity index (χ0) is 11.7. The fraction of sp³-hybridized carbons (Fsp3) is 0.273. The number of hydrogen-bond acceptors (Lipinski definition) is 4. The number of alkyl halides is 1. The van der Waals surface area contributed by atoms with E-state index in [-0.39, 0.29) is 5.56 Å². The molecule has 2 atom stereocenters. The third-order valence-electron chi connectivity index (χ3n) is 2.19. The van der Waals surface area contributed by atoms with Gasteiger partial charge < -0.3 is 9.47 Å². The van der Waals surface area contributed by atoms with Gasteiger partial charge in [0, 0.05) is 0 Å². The van der Waals surface area contributed by atoms with Gasteiger partial charge in [-0.05, 0) is 19.1 Å². The molecule has 2 heterocycles. The smallest absolute Gasteiger partial charge is 0.346 e. The van der Waals surface area contributed by atoms with Gasteiger partial charge in [-0.25, -0.2) is 9.59 Å². The molecule has 0 radical (unpaired) electrons. The molecule has 0 saturated carbocycles. The number of fused-ring (bicyclic) bond motifs is 1. The van der Waals surface area contributed by atoms with E-state index in [2.05, 4.69) is 9.47 Å². The van der Waals surface area contributed by atoms with Crippen molar-refractivity contribution < 1.29 is 19.1 Å². The van der Waals surface area contributed by atoms with Gasteiger partial charge in [-0.1, -0.05) is 23.7 Å². The predicted molar refractivity (Wildman–Crippen MR) is 56.4 cm³/mol. The van der Waals surface area contributed by atoms with Gasteiger partial charge in [0.2, 0.25) is 0 Å². The Hall–Kier alpha value is -1.39. The van der Waals surface area contributed by atoms with E-state index in [0.717, 1.165) is 0 Å². The molecule has 0 aliphatic carbocycles. The molecule has 0 aromatic heterocycles. The van der Waals surface area contributed by atoms with Crippen molar-refractivity contribution in [3.8, 4) is 0 Å². The van der Waals surface area contributed by atoms with Crippen LogP contribution in [0.2, 0.25) is 0 Å². The monoisotopic (exact) mass is 240 g/mol. The van der Waals surface area contributed by atoms with E-state index >= 15 is 0 Å². The Morgan fingerprint density at radius 1 is 1.12 bits per heavy atom. The Bertz CT molecular complexity index is 404. The van der Waals surface area contributed by atoms with Crippen LogP contribution in [-0.2, 0) is 9.47 Å². The van der Waals surface area contributed by atoms with Crippen molar-refractivity contribution >= 4 is 23.5 Å². The highest BCUT2D eigenvalue weighted by Crippen LogP contribution is 2.23. The fourth-order valence-corrected chi connectivity index (χ4v) is 1.36. The van der Waals surface area contributed by atoms with Crippen LogP contribution < -0.4 is 0 Å². The van der Waals surface area contributed by atoms with Crippen molar-refractivity contribution in [1.29, 1.82) is 0 Å². The average molecular weight is 241 g/mol. The van der Waals surface area contributed by atoms with Crippen LogP contribution in [0.4, 0.5) is 0 Å². The maximum absolute atomic E-state index is 10.8. The van der Waals surface area contributed by atoms with Crippen molar-refractivity contribution in [3.63, 3.8) is 0 Å². The largest absolute Gasteiger partial charge is 0.386 e. The number of halogens is 1. The minimum Gasteiger partial charge on any atom is -0.386 e. The topological polar surface area (TPSA) is 55.9 Å². The van der Waals surface area contributed by atoms with Gasteiger partial charge in [-0.3, -0.25) is 0 Å². The van der Waals surface area contributed by atoms with E-state index in [1.165, 1.54) is 0 Å². The minimum atomic E-state index is -0.550. The summed E-state index contributed by atoms with van der Waals surface area (Å²) in [6.07, 6.45) is 0.316. The third kappa shape index (κ3) is 2.23. The first-order valence-electron chi connectivity index (χ1n) is 4.74. The Balaban J connectivity index is 0.000000162. The Morgan fingerprint density at radius 3 is 1.81 bits per heavy atom. The number of cyclic esters (lactones) is 2. The van der Waals surface area contributed by atoms with Crippen LogP contribution in [0.1, 0.15) is 27.6 Å². The first-order chi connectivity index (χ1) is 7.59. The summed E-state index contributed by atoms with van der Waals surface area (Å²) in [4.78, 5) is 21.7. The lowest BCUT2D eigenvalue weighted by Crippen LogP contribution is -1.96. The Kier molecular flexibility index (Phi) is 2.94. The molecule has 3 rings (SSSR count). The second kappa shape index (κ2) is 4.23. The predicted octanol–water partition coefficient (Wildman–Crippen LogP) is 1.97. The summed E-state index contributed by atoms with van der Waals surface area (Å²) in [6.45, 7) is 1.94. The summed E-state index contributed by atoms with van der Waals surface area (Å²) >= 11 is 5.31. The molecule has 16 heavy (non-hydrogen) atoms. The molecule has 1 fully saturated rings. The van der Waals surface area contributed by atoms with Gasteiger partial charge in [0.25, 0.3) is 0 Å². The molecule has 1 aromatic rings. The summed E-state index contributed by atoms with van der Waals surface area (Å²) in [6, 6.07) is 6.53. The summed E-state index contributed by atoms with van der Waals surface area (Å²) < 4.78 is 9.04. The van der Waals surface area contributed by atoms with Crippen LogP contribution in [0, 0.1) is 0 Å². The molecule has 1 saturated heterocycles. The van der Waals surface area contributed by atoms with E-state index in [1.54, 1.807) is 24.3 Å². The second-order valence-corrected chi connectivity index (χ2v) is 3.85. The first-order valence-corrected chi connectivity index (χ1v) is 5.18. The number of benzene rings is 1. The van der Waals surface area contributed by atoms with Crippen molar-refractivity contribution in [1.82, 2.24) is 0 Å². The summed E-state index contributed by atoms with van der Waals surface area (Å²) in [7, 11) is 0. The molecule has 2 aliphatic rings. The molecule has 2 unspecified atom stereocenters. The van der Waals surface area contributed by atoms with Crippen molar-refractivity contribution in [2.24, 2.45) is 0 Å². The standard InChI is InChI=1S/C8H4O3.C3H5ClO/c9-7-5-3-1-2-4-6(5)8(10)11-7;1-2-3(4)5-2/h1-4H;2-3H,1H3. The number of ether oxygens (including phenoxy) is 2. The van der Waals surface area contributed by atoms with Gasteiger partial charge in [0.1, 0.15) is 0 Å². The van der Waals surface area contributed by atoms with Crippen molar-refractivity contribution in [2.45, 2.75) is 18.6 Å². The minimum absolute atomic E-state index is 0.0231. The fourth-order valence-electron chi connectivity index (χ4n) is 1.19. The molecule has 0 bridgehead atoms. The number of hydrogen-bond donors (Lipinski definition) is 0. The highest BCUT2D eigenvalue weighted by molar-refractivity contribution is 6.21. The molecule has 84 valence electrons. The Labute approximate surface area is 97.1 Å². The highest BCUT2D eigenvalue weighted by atomic mass is 35.5. The van der Waals surface area contributed by atoms with Crippen molar-refractivity contribution in [3.05, 3.63) is 35.4 Å². The number of rotatable bonds is 0. The van der Waals surface area contributed by atoms with Crippen LogP contribution in [0.3, 0.4) is 0 Å². The maximum Gasteiger partial charge on any atom is 0.346 e. The summed E-state index contributed by atoms with van der Waals surface area (Å²) in [5, 5.41) is 0. The van der Waals surface area contributed by atoms with Crippen LogP contribution in [0.25, 0.3) is 0 Å². The van der Waals surface area contributed by atoms with Gasteiger partial charge in [0.15, 0.2) is 5.56 Å². The molecule has 2 aliphatic heterocycles. The number of epoxide rings is 1. The molecule has 5 heteroatoms. The van der Waals surface area contributed by atoms with Crippen molar-refractivity contribution in [2.75, 3.05) is 0 Å². The summed E-state index contributed by atoms with van der Waals surface area (Å²) in [5.41, 5.74) is 0.741. The van der Waals surface area contributed by atoms with E-state index in [0.29, 0.717) is 17.2 Å². The number of carbonyl (C=O) groups is 2. The summed E-state index contributed by atoms with van der Waals surface area (Å²) in [5.74, 6) is -1.10. The molecule has 4 nitrogen and oxygen atoms in total. The SMILES string of the molecule is CC1OC1Cl.O=C1OC(=O)c2ccccc21. The van der Waals surface area contributed by atoms with Gasteiger partial charge >= 0.3 is 11.9 Å². The van der Waals surface area contributed by atoms with Crippen LogP contribution in [0.5, 0.6) is 0 Å². The number of carbonyl (C=O) groups excluding carboxylic acids is 2. The van der Waals surface area contributed by atoms with Crippen LogP contribution in [-0.4, -0.2) is 23.6 Å². The lowest BCUT2D eigenvalue weighted by molar-refractivity contribution is 0.0444. The molecule has 0 N–H and O–H groups in total. The normalized spacial score (nSPS) is 25.4. The third-order valence-corrected chi connectivity index (χ3v) is 2.65. The second-order valence-electron chi connectivity index (χ2n) is 3.41. The molecule has 0 amide bonds. The quantitative estimate of drug-likeness (QED) is 0.301. The zero-order valence-corrected chi connectivity index (χ0v) is 9.23.